The van der Waals surface area contributed by atoms with Crippen LogP contribution in [0, 0.1) is 12.3 Å². The maximum Gasteiger partial charge on any atom is 0.303 e. The zero-order chi connectivity index (χ0) is 9.23. The summed E-state index contributed by atoms with van der Waals surface area (Å²) in [6, 6.07) is 0. The minimum Gasteiger partial charge on any atom is -0.481 e. The first-order chi connectivity index (χ1) is 5.77. The summed E-state index contributed by atoms with van der Waals surface area (Å²) in [7, 11) is 0. The van der Waals surface area contributed by atoms with Crippen molar-refractivity contribution in [2.24, 2.45) is 0 Å². The van der Waals surface area contributed by atoms with Gasteiger partial charge in [-0.25, -0.2) is 0 Å². The molecule has 0 amide bonds. The SMILES string of the molecule is C#CCSCCCCCC(=O)O. The van der Waals surface area contributed by atoms with Crippen LogP contribution >= 0.6 is 11.8 Å². The van der Waals surface area contributed by atoms with Gasteiger partial charge < -0.3 is 5.11 Å². The van der Waals surface area contributed by atoms with Crippen LogP contribution in [0.2, 0.25) is 0 Å². The van der Waals surface area contributed by atoms with Crippen molar-refractivity contribution in [3.05, 3.63) is 0 Å². The Bertz CT molecular complexity index is 160. The topological polar surface area (TPSA) is 37.3 Å². The molecule has 0 aromatic heterocycles. The van der Waals surface area contributed by atoms with Crippen molar-refractivity contribution in [2.45, 2.75) is 25.7 Å². The lowest BCUT2D eigenvalue weighted by atomic mass is 10.2. The van der Waals surface area contributed by atoms with Gasteiger partial charge in [0, 0.05) is 6.42 Å². The molecule has 0 heterocycles. The minimum atomic E-state index is -0.703. The number of carboxylic acids is 1. The number of unbranched alkanes of at least 4 members (excludes halogenated alkanes) is 2. The van der Waals surface area contributed by atoms with E-state index < -0.39 is 5.97 Å². The first kappa shape index (κ1) is 11.4. The van der Waals surface area contributed by atoms with Crippen LogP contribution < -0.4 is 0 Å². The first-order valence-electron chi connectivity index (χ1n) is 4.00. The van der Waals surface area contributed by atoms with E-state index in [0.717, 1.165) is 30.8 Å². The van der Waals surface area contributed by atoms with E-state index in [0.29, 0.717) is 6.42 Å². The normalized spacial score (nSPS) is 9.25. The summed E-state index contributed by atoms with van der Waals surface area (Å²) in [6.45, 7) is 0. The second kappa shape index (κ2) is 8.48. The highest BCUT2D eigenvalue weighted by molar-refractivity contribution is 7.99. The molecular weight excluding hydrogens is 172 g/mol. The number of hydrogen-bond donors (Lipinski definition) is 1. The van der Waals surface area contributed by atoms with Gasteiger partial charge in [0.05, 0.1) is 5.75 Å². The fourth-order valence-electron chi connectivity index (χ4n) is 0.788. The molecule has 0 saturated carbocycles. The zero-order valence-corrected chi connectivity index (χ0v) is 7.90. The zero-order valence-electron chi connectivity index (χ0n) is 7.08. The van der Waals surface area contributed by atoms with Crippen LogP contribution in [0.5, 0.6) is 0 Å². The standard InChI is InChI=1S/C9H14O2S/c1-2-7-12-8-5-3-4-6-9(10)11/h1H,3-8H2,(H,10,11). The van der Waals surface area contributed by atoms with Crippen LogP contribution in [0.4, 0.5) is 0 Å². The van der Waals surface area contributed by atoms with Crippen LogP contribution in [0.3, 0.4) is 0 Å². The second-order valence-corrected chi connectivity index (χ2v) is 3.57. The Kier molecular flexibility index (Phi) is 8.04. The van der Waals surface area contributed by atoms with Gasteiger partial charge in [0.2, 0.25) is 0 Å². The van der Waals surface area contributed by atoms with Crippen LogP contribution in [-0.2, 0) is 4.79 Å². The second-order valence-electron chi connectivity index (χ2n) is 2.46. The summed E-state index contributed by atoms with van der Waals surface area (Å²) >= 11 is 1.73. The Morgan fingerprint density at radius 2 is 2.17 bits per heavy atom. The summed E-state index contributed by atoms with van der Waals surface area (Å²) < 4.78 is 0. The third-order valence-electron chi connectivity index (χ3n) is 1.36. The summed E-state index contributed by atoms with van der Waals surface area (Å²) in [5.41, 5.74) is 0. The number of carbonyl (C=O) groups is 1. The minimum absolute atomic E-state index is 0.291. The van der Waals surface area contributed by atoms with Gasteiger partial charge in [0.1, 0.15) is 0 Å². The summed E-state index contributed by atoms with van der Waals surface area (Å²) in [5.74, 6) is 3.65. The van der Waals surface area contributed by atoms with Gasteiger partial charge >= 0.3 is 5.97 Å². The highest BCUT2D eigenvalue weighted by Crippen LogP contribution is 2.06. The lowest BCUT2D eigenvalue weighted by Gasteiger charge is -1.96. The molecule has 12 heavy (non-hydrogen) atoms. The quantitative estimate of drug-likeness (QED) is 0.488. The molecule has 0 aliphatic rings. The third-order valence-corrected chi connectivity index (χ3v) is 2.31. The van der Waals surface area contributed by atoms with E-state index in [1.165, 1.54) is 0 Å². The van der Waals surface area contributed by atoms with Gasteiger partial charge in [0.15, 0.2) is 0 Å². The molecule has 3 heteroatoms. The molecule has 0 rings (SSSR count). The molecule has 1 N–H and O–H groups in total. The maximum absolute atomic E-state index is 10.1. The van der Waals surface area contributed by atoms with Crippen molar-refractivity contribution in [3.8, 4) is 12.3 Å². The molecule has 0 fully saturated rings. The lowest BCUT2D eigenvalue weighted by molar-refractivity contribution is -0.137. The predicted octanol–water partition coefficient (Wildman–Crippen LogP) is 2.00. The molecule has 0 aromatic carbocycles. The Labute approximate surface area is 77.7 Å². The highest BCUT2D eigenvalue weighted by Gasteiger charge is 1.95. The molecule has 2 nitrogen and oxygen atoms in total. The van der Waals surface area contributed by atoms with Crippen molar-refractivity contribution in [2.75, 3.05) is 11.5 Å². The predicted molar refractivity (Wildman–Crippen MR) is 52.3 cm³/mol. The summed E-state index contributed by atoms with van der Waals surface area (Å²) in [5, 5.41) is 8.32. The molecule has 0 aliphatic carbocycles. The molecular formula is C9H14O2S. The Morgan fingerprint density at radius 1 is 1.42 bits per heavy atom. The molecule has 0 aromatic rings. The first-order valence-corrected chi connectivity index (χ1v) is 5.16. The fourth-order valence-corrected chi connectivity index (χ4v) is 1.46. The van der Waals surface area contributed by atoms with Gasteiger partial charge in [-0.15, -0.1) is 18.2 Å². The molecule has 0 saturated heterocycles. The van der Waals surface area contributed by atoms with Crippen LogP contribution in [-0.4, -0.2) is 22.6 Å². The van der Waals surface area contributed by atoms with Crippen LogP contribution in [0.1, 0.15) is 25.7 Å². The third kappa shape index (κ3) is 9.38. The monoisotopic (exact) mass is 186 g/mol. The van der Waals surface area contributed by atoms with Crippen molar-refractivity contribution >= 4 is 17.7 Å². The molecule has 0 aliphatic heterocycles. The van der Waals surface area contributed by atoms with Gasteiger partial charge in [-0.2, -0.15) is 0 Å². The molecule has 0 unspecified atom stereocenters. The fraction of sp³-hybridized carbons (Fsp3) is 0.667. The van der Waals surface area contributed by atoms with Gasteiger partial charge in [-0.1, -0.05) is 12.3 Å². The van der Waals surface area contributed by atoms with E-state index in [4.69, 9.17) is 11.5 Å². The van der Waals surface area contributed by atoms with Crippen molar-refractivity contribution in [3.63, 3.8) is 0 Å². The molecule has 0 bridgehead atoms. The van der Waals surface area contributed by atoms with E-state index in [2.05, 4.69) is 5.92 Å². The number of hydrogen-bond acceptors (Lipinski definition) is 2. The number of rotatable bonds is 7. The highest BCUT2D eigenvalue weighted by atomic mass is 32.2. The van der Waals surface area contributed by atoms with Crippen molar-refractivity contribution < 1.29 is 9.90 Å². The Morgan fingerprint density at radius 3 is 2.75 bits per heavy atom. The number of aliphatic carboxylic acids is 1. The molecule has 0 spiro atoms. The average molecular weight is 186 g/mol. The summed E-state index contributed by atoms with van der Waals surface area (Å²) in [4.78, 5) is 10.1. The smallest absolute Gasteiger partial charge is 0.303 e. The van der Waals surface area contributed by atoms with Crippen LogP contribution in [0.15, 0.2) is 0 Å². The molecule has 0 radical (unpaired) electrons. The molecule has 68 valence electrons. The van der Waals surface area contributed by atoms with Crippen molar-refractivity contribution in [1.82, 2.24) is 0 Å². The van der Waals surface area contributed by atoms with Gasteiger partial charge in [0.25, 0.3) is 0 Å². The van der Waals surface area contributed by atoms with E-state index >= 15 is 0 Å². The Hall–Kier alpha value is -0.620. The van der Waals surface area contributed by atoms with E-state index in [-0.39, 0.29) is 0 Å². The maximum atomic E-state index is 10.1. The van der Waals surface area contributed by atoms with Gasteiger partial charge in [-0.05, 0) is 18.6 Å². The van der Waals surface area contributed by atoms with Crippen molar-refractivity contribution in [1.29, 1.82) is 0 Å². The van der Waals surface area contributed by atoms with E-state index in [9.17, 15) is 4.79 Å². The van der Waals surface area contributed by atoms with E-state index in [1.807, 2.05) is 0 Å². The average Bonchev–Trinajstić information content (AvgIpc) is 2.02. The number of thioether (sulfide) groups is 1. The Balaban J connectivity index is 2.92. The van der Waals surface area contributed by atoms with Crippen LogP contribution in [0.25, 0.3) is 0 Å². The molecule has 0 atom stereocenters. The largest absolute Gasteiger partial charge is 0.481 e. The van der Waals surface area contributed by atoms with E-state index in [1.54, 1.807) is 11.8 Å². The lowest BCUT2D eigenvalue weighted by Crippen LogP contribution is -1.93. The number of carboxylic acid groups (broad SMARTS) is 1. The number of terminal acetylenes is 1. The van der Waals surface area contributed by atoms with Gasteiger partial charge in [-0.3, -0.25) is 4.79 Å². The summed E-state index contributed by atoms with van der Waals surface area (Å²) in [6.07, 6.45) is 8.19.